The average Bonchev–Trinajstić information content (AvgIpc) is 2.30. The summed E-state index contributed by atoms with van der Waals surface area (Å²) in [6, 6.07) is 3.40. The highest BCUT2D eigenvalue weighted by Gasteiger charge is 2.23. The van der Waals surface area contributed by atoms with Crippen LogP contribution in [0.4, 0.5) is 0 Å². The van der Waals surface area contributed by atoms with E-state index in [1.807, 2.05) is 6.92 Å². The van der Waals surface area contributed by atoms with Crippen molar-refractivity contribution < 1.29 is 8.42 Å². The van der Waals surface area contributed by atoms with Gasteiger partial charge in [-0.05, 0) is 50.4 Å². The number of sulfone groups is 1. The normalized spacial score (nSPS) is 17.2. The predicted octanol–water partition coefficient (Wildman–Crippen LogP) is 1.59. The van der Waals surface area contributed by atoms with Gasteiger partial charge in [0.05, 0.1) is 5.75 Å². The molecule has 1 N–H and O–H groups in total. The van der Waals surface area contributed by atoms with E-state index in [4.69, 9.17) is 0 Å². The second kappa shape index (κ2) is 6.50. The molecule has 1 fully saturated rings. The Morgan fingerprint density at radius 2 is 2.00 bits per heavy atom. The lowest BCUT2D eigenvalue weighted by molar-refractivity contribution is 0.401. The van der Waals surface area contributed by atoms with Crippen LogP contribution in [0.2, 0.25) is 0 Å². The summed E-state index contributed by atoms with van der Waals surface area (Å²) in [5.74, 6) is 0.495. The van der Waals surface area contributed by atoms with Gasteiger partial charge in [0.25, 0.3) is 0 Å². The van der Waals surface area contributed by atoms with E-state index in [0.29, 0.717) is 0 Å². The minimum Gasteiger partial charge on any atom is -0.317 e. The smallest absolute Gasteiger partial charge is 0.195 e. The van der Waals surface area contributed by atoms with Crippen LogP contribution in [0.5, 0.6) is 0 Å². The maximum absolute atomic E-state index is 12.1. The number of pyridine rings is 1. The van der Waals surface area contributed by atoms with Crippen molar-refractivity contribution in [2.75, 3.05) is 18.8 Å². The number of hydrogen-bond donors (Lipinski definition) is 1. The van der Waals surface area contributed by atoms with E-state index in [1.165, 1.54) is 0 Å². The Bertz CT molecular complexity index is 467. The lowest BCUT2D eigenvalue weighted by atomic mass is 10.0. The third kappa shape index (κ3) is 3.93. The number of nitrogens with one attached hydrogen (secondary N) is 1. The van der Waals surface area contributed by atoms with Crippen molar-refractivity contribution in [3.8, 4) is 0 Å². The molecule has 0 atom stereocenters. The predicted molar refractivity (Wildman–Crippen MR) is 73.9 cm³/mol. The molecule has 0 spiro atoms. The number of rotatable bonds is 3. The van der Waals surface area contributed by atoms with Crippen LogP contribution in [0, 0.1) is 12.8 Å². The van der Waals surface area contributed by atoms with Crippen molar-refractivity contribution >= 4 is 22.2 Å². The Hall–Kier alpha value is -0.650. The van der Waals surface area contributed by atoms with E-state index in [9.17, 15) is 8.42 Å². The zero-order valence-corrected chi connectivity index (χ0v) is 12.1. The Labute approximate surface area is 115 Å². The van der Waals surface area contributed by atoms with Crippen molar-refractivity contribution in [2.24, 2.45) is 5.92 Å². The van der Waals surface area contributed by atoms with Gasteiger partial charge in [-0.3, -0.25) is 0 Å². The molecule has 1 aliphatic rings. The Morgan fingerprint density at radius 1 is 1.33 bits per heavy atom. The largest absolute Gasteiger partial charge is 0.317 e. The lowest BCUT2D eigenvalue weighted by Crippen LogP contribution is -2.31. The maximum Gasteiger partial charge on any atom is 0.195 e. The van der Waals surface area contributed by atoms with Crippen molar-refractivity contribution in [3.63, 3.8) is 0 Å². The molecule has 1 aromatic rings. The van der Waals surface area contributed by atoms with Gasteiger partial charge in [-0.25, -0.2) is 13.4 Å². The molecule has 0 unspecified atom stereocenters. The molecule has 1 aromatic heterocycles. The number of piperidine rings is 1. The summed E-state index contributed by atoms with van der Waals surface area (Å²) < 4.78 is 24.3. The molecule has 18 heavy (non-hydrogen) atoms. The van der Waals surface area contributed by atoms with Crippen LogP contribution < -0.4 is 5.32 Å². The van der Waals surface area contributed by atoms with Gasteiger partial charge in [0, 0.05) is 6.20 Å². The zero-order chi connectivity index (χ0) is 12.3. The molecule has 102 valence electrons. The summed E-state index contributed by atoms with van der Waals surface area (Å²) >= 11 is 0. The molecule has 4 nitrogen and oxygen atoms in total. The fraction of sp³-hybridized carbons (Fsp3) is 0.583. The molecular weight excluding hydrogens is 272 g/mol. The van der Waals surface area contributed by atoms with Crippen molar-refractivity contribution in [1.29, 1.82) is 0 Å². The quantitative estimate of drug-likeness (QED) is 0.918. The van der Waals surface area contributed by atoms with Gasteiger partial charge in [-0.15, -0.1) is 12.4 Å². The average molecular weight is 291 g/mol. The van der Waals surface area contributed by atoms with Crippen LogP contribution in [0.3, 0.4) is 0 Å². The Kier molecular flexibility index (Phi) is 5.56. The van der Waals surface area contributed by atoms with Gasteiger partial charge in [-0.2, -0.15) is 0 Å². The van der Waals surface area contributed by atoms with Crippen LogP contribution in [0.15, 0.2) is 23.4 Å². The van der Waals surface area contributed by atoms with Gasteiger partial charge >= 0.3 is 0 Å². The van der Waals surface area contributed by atoms with Gasteiger partial charge in [0.15, 0.2) is 14.9 Å². The van der Waals surface area contributed by atoms with E-state index < -0.39 is 9.84 Å². The van der Waals surface area contributed by atoms with Crippen LogP contribution in [-0.4, -0.2) is 32.2 Å². The summed E-state index contributed by atoms with van der Waals surface area (Å²) in [5.41, 5.74) is 0.978. The molecular formula is C12H19ClN2O2S. The highest BCUT2D eigenvalue weighted by molar-refractivity contribution is 7.91. The first-order chi connectivity index (χ1) is 8.08. The first kappa shape index (κ1) is 15.4. The van der Waals surface area contributed by atoms with E-state index in [2.05, 4.69) is 10.3 Å². The molecule has 0 aliphatic carbocycles. The van der Waals surface area contributed by atoms with E-state index in [1.54, 1.807) is 18.3 Å². The fourth-order valence-corrected chi connectivity index (χ4v) is 3.70. The maximum atomic E-state index is 12.1. The first-order valence-corrected chi connectivity index (χ1v) is 7.59. The molecule has 0 saturated carbocycles. The number of hydrogen-bond acceptors (Lipinski definition) is 4. The standard InChI is InChI=1S/C12H18N2O2S.ClH/c1-10-2-3-12(14-8-10)17(15,16)9-11-4-6-13-7-5-11;/h2-3,8,11,13H,4-7,9H2,1H3;1H. The zero-order valence-electron chi connectivity index (χ0n) is 10.4. The fourth-order valence-electron chi connectivity index (χ4n) is 2.08. The SMILES string of the molecule is Cc1ccc(S(=O)(=O)CC2CCNCC2)nc1.Cl. The van der Waals surface area contributed by atoms with Gasteiger partial charge in [0.1, 0.15) is 0 Å². The number of aryl methyl sites for hydroxylation is 1. The Balaban J connectivity index is 0.00000162. The number of aromatic nitrogens is 1. The second-order valence-electron chi connectivity index (χ2n) is 4.65. The van der Waals surface area contributed by atoms with E-state index in [0.717, 1.165) is 31.5 Å². The van der Waals surface area contributed by atoms with Crippen LogP contribution >= 0.6 is 12.4 Å². The lowest BCUT2D eigenvalue weighted by Gasteiger charge is -2.22. The molecule has 2 heterocycles. The minimum atomic E-state index is -3.22. The van der Waals surface area contributed by atoms with Crippen molar-refractivity contribution in [3.05, 3.63) is 23.9 Å². The first-order valence-electron chi connectivity index (χ1n) is 5.94. The summed E-state index contributed by atoms with van der Waals surface area (Å²) in [5, 5.41) is 3.45. The summed E-state index contributed by atoms with van der Waals surface area (Å²) in [7, 11) is -3.22. The molecule has 0 bridgehead atoms. The van der Waals surface area contributed by atoms with Crippen LogP contribution in [0.25, 0.3) is 0 Å². The third-order valence-electron chi connectivity index (χ3n) is 3.12. The van der Waals surface area contributed by atoms with Crippen molar-refractivity contribution in [1.82, 2.24) is 10.3 Å². The van der Waals surface area contributed by atoms with E-state index in [-0.39, 0.29) is 29.1 Å². The highest BCUT2D eigenvalue weighted by Crippen LogP contribution is 2.18. The topological polar surface area (TPSA) is 59.1 Å². The highest BCUT2D eigenvalue weighted by atomic mass is 35.5. The van der Waals surface area contributed by atoms with Crippen LogP contribution in [0.1, 0.15) is 18.4 Å². The molecule has 0 aromatic carbocycles. The molecule has 1 saturated heterocycles. The third-order valence-corrected chi connectivity index (χ3v) is 4.91. The monoisotopic (exact) mass is 290 g/mol. The Morgan fingerprint density at radius 3 is 2.56 bits per heavy atom. The van der Waals surface area contributed by atoms with Gasteiger partial charge in [0.2, 0.25) is 0 Å². The van der Waals surface area contributed by atoms with Gasteiger partial charge < -0.3 is 5.32 Å². The van der Waals surface area contributed by atoms with Gasteiger partial charge in [-0.1, -0.05) is 6.07 Å². The molecule has 0 radical (unpaired) electrons. The second-order valence-corrected chi connectivity index (χ2v) is 6.63. The van der Waals surface area contributed by atoms with Crippen molar-refractivity contribution in [2.45, 2.75) is 24.8 Å². The molecule has 0 amide bonds. The summed E-state index contributed by atoms with van der Waals surface area (Å²) in [6.45, 7) is 3.74. The number of nitrogens with zero attached hydrogens (tertiary/aromatic N) is 1. The van der Waals surface area contributed by atoms with Crippen LogP contribution in [-0.2, 0) is 9.84 Å². The number of halogens is 1. The summed E-state index contributed by atoms with van der Waals surface area (Å²) in [6.07, 6.45) is 3.48. The summed E-state index contributed by atoms with van der Waals surface area (Å²) in [4.78, 5) is 4.01. The molecule has 2 rings (SSSR count). The molecule has 1 aliphatic heterocycles. The minimum absolute atomic E-state index is 0. The molecule has 6 heteroatoms. The van der Waals surface area contributed by atoms with E-state index >= 15 is 0 Å².